The monoisotopic (exact) mass is 467 g/mol. The number of non-ortho nitro benzene ring substituents is 1. The van der Waals surface area contributed by atoms with Crippen LogP contribution in [0.5, 0.6) is 0 Å². The molecular formula is C19H19BrClN3O4. The third-order valence-electron chi connectivity index (χ3n) is 4.07. The molecule has 7 nitrogen and oxygen atoms in total. The third-order valence-corrected chi connectivity index (χ3v) is 5.27. The van der Waals surface area contributed by atoms with Crippen molar-refractivity contribution in [2.75, 3.05) is 5.32 Å². The van der Waals surface area contributed by atoms with Gasteiger partial charge >= 0.3 is 0 Å². The highest BCUT2D eigenvalue weighted by Gasteiger charge is 2.26. The number of nitro groups is 1. The highest BCUT2D eigenvalue weighted by molar-refractivity contribution is 9.10. The summed E-state index contributed by atoms with van der Waals surface area (Å²) in [5.74, 6) is -1.15. The number of rotatable bonds is 6. The second-order valence-electron chi connectivity index (χ2n) is 6.57. The van der Waals surface area contributed by atoms with Crippen molar-refractivity contribution in [3.8, 4) is 0 Å². The molecule has 28 heavy (non-hydrogen) atoms. The second kappa shape index (κ2) is 9.16. The van der Waals surface area contributed by atoms with E-state index in [0.29, 0.717) is 5.69 Å². The lowest BCUT2D eigenvalue weighted by atomic mass is 10.0. The molecule has 0 aromatic heterocycles. The molecule has 2 rings (SSSR count). The topological polar surface area (TPSA) is 101 Å². The largest absolute Gasteiger partial charge is 0.340 e. The summed E-state index contributed by atoms with van der Waals surface area (Å²) >= 11 is 9.41. The molecule has 0 aliphatic carbocycles. The maximum absolute atomic E-state index is 12.7. The lowest BCUT2D eigenvalue weighted by Gasteiger charge is -2.22. The molecule has 2 N–H and O–H groups in total. The number of carbonyl (C=O) groups excluding carboxylic acids is 2. The summed E-state index contributed by atoms with van der Waals surface area (Å²) in [6.07, 6.45) is 0. The summed E-state index contributed by atoms with van der Waals surface area (Å²) in [5.41, 5.74) is 1.41. The van der Waals surface area contributed by atoms with E-state index in [4.69, 9.17) is 11.6 Å². The van der Waals surface area contributed by atoms with E-state index in [2.05, 4.69) is 26.6 Å². The molecule has 0 aliphatic rings. The highest BCUT2D eigenvalue weighted by Crippen LogP contribution is 2.23. The van der Waals surface area contributed by atoms with E-state index in [9.17, 15) is 19.7 Å². The quantitative estimate of drug-likeness (QED) is 0.473. The summed E-state index contributed by atoms with van der Waals surface area (Å²) in [6.45, 7) is 5.50. The van der Waals surface area contributed by atoms with Crippen LogP contribution < -0.4 is 10.6 Å². The normalized spacial score (nSPS) is 11.8. The van der Waals surface area contributed by atoms with Gasteiger partial charge in [0.1, 0.15) is 6.04 Å². The summed E-state index contributed by atoms with van der Waals surface area (Å²) in [7, 11) is 0. The third kappa shape index (κ3) is 5.30. The van der Waals surface area contributed by atoms with Crippen molar-refractivity contribution in [3.05, 3.63) is 67.1 Å². The van der Waals surface area contributed by atoms with E-state index in [1.54, 1.807) is 19.9 Å². The van der Waals surface area contributed by atoms with E-state index in [0.717, 1.165) is 16.1 Å². The first-order valence-electron chi connectivity index (χ1n) is 8.42. The zero-order valence-corrected chi connectivity index (χ0v) is 17.8. The Bertz CT molecular complexity index is 933. The summed E-state index contributed by atoms with van der Waals surface area (Å²) in [5, 5.41) is 16.2. The molecule has 0 saturated heterocycles. The van der Waals surface area contributed by atoms with Gasteiger partial charge in [0.15, 0.2) is 0 Å². The molecule has 0 radical (unpaired) electrons. The fraction of sp³-hybridized carbons (Fsp3) is 0.263. The summed E-state index contributed by atoms with van der Waals surface area (Å²) < 4.78 is 0.923. The number of hydrogen-bond acceptors (Lipinski definition) is 4. The van der Waals surface area contributed by atoms with Gasteiger partial charge in [-0.05, 0) is 42.7 Å². The van der Waals surface area contributed by atoms with Crippen molar-refractivity contribution < 1.29 is 14.5 Å². The number of nitrogens with one attached hydrogen (secondary N) is 2. The maximum atomic E-state index is 12.7. The maximum Gasteiger partial charge on any atom is 0.270 e. The van der Waals surface area contributed by atoms with Crippen molar-refractivity contribution in [1.82, 2.24) is 5.32 Å². The minimum atomic E-state index is -0.817. The van der Waals surface area contributed by atoms with Gasteiger partial charge in [0.2, 0.25) is 5.91 Å². The van der Waals surface area contributed by atoms with E-state index < -0.39 is 16.9 Å². The van der Waals surface area contributed by atoms with Crippen LogP contribution in [-0.4, -0.2) is 22.8 Å². The van der Waals surface area contributed by atoms with Gasteiger partial charge in [-0.1, -0.05) is 41.4 Å². The lowest BCUT2D eigenvalue weighted by Crippen LogP contribution is -2.47. The molecule has 0 saturated carbocycles. The first kappa shape index (κ1) is 21.8. The molecule has 0 spiro atoms. The van der Waals surface area contributed by atoms with Crippen molar-refractivity contribution in [3.63, 3.8) is 0 Å². The van der Waals surface area contributed by atoms with Crippen LogP contribution in [0.3, 0.4) is 0 Å². The fourth-order valence-corrected chi connectivity index (χ4v) is 3.01. The van der Waals surface area contributed by atoms with Gasteiger partial charge in [0, 0.05) is 22.3 Å². The zero-order valence-electron chi connectivity index (χ0n) is 15.5. The van der Waals surface area contributed by atoms with Gasteiger partial charge in [0.05, 0.1) is 15.5 Å². The number of aryl methyl sites for hydroxylation is 1. The average molecular weight is 469 g/mol. The molecular weight excluding hydrogens is 450 g/mol. The van der Waals surface area contributed by atoms with Crippen molar-refractivity contribution in [2.24, 2.45) is 5.92 Å². The molecule has 1 unspecified atom stereocenters. The molecule has 9 heteroatoms. The van der Waals surface area contributed by atoms with Crippen LogP contribution in [0.25, 0.3) is 0 Å². The Balaban J connectivity index is 2.17. The predicted molar refractivity (Wildman–Crippen MR) is 112 cm³/mol. The lowest BCUT2D eigenvalue weighted by molar-refractivity contribution is -0.384. The number of nitro benzene ring substituents is 1. The molecule has 148 valence electrons. The minimum absolute atomic E-state index is 0.0573. The van der Waals surface area contributed by atoms with Crippen molar-refractivity contribution in [1.29, 1.82) is 0 Å². The number of nitrogens with zero attached hydrogens (tertiary/aromatic N) is 1. The molecule has 0 fully saturated rings. The van der Waals surface area contributed by atoms with E-state index in [1.807, 2.05) is 19.1 Å². The van der Waals surface area contributed by atoms with Gasteiger partial charge in [-0.15, -0.1) is 0 Å². The number of benzene rings is 2. The van der Waals surface area contributed by atoms with Gasteiger partial charge in [0.25, 0.3) is 11.6 Å². The van der Waals surface area contributed by atoms with Gasteiger partial charge in [-0.2, -0.15) is 0 Å². The second-order valence-corrected chi connectivity index (χ2v) is 7.83. The van der Waals surface area contributed by atoms with Gasteiger partial charge in [-0.25, -0.2) is 0 Å². The minimum Gasteiger partial charge on any atom is -0.340 e. The van der Waals surface area contributed by atoms with Crippen LogP contribution in [-0.2, 0) is 4.79 Å². The first-order chi connectivity index (χ1) is 13.1. The van der Waals surface area contributed by atoms with Crippen LogP contribution in [0, 0.1) is 23.0 Å². The van der Waals surface area contributed by atoms with E-state index in [-0.39, 0.29) is 28.1 Å². The zero-order chi connectivity index (χ0) is 21.0. The van der Waals surface area contributed by atoms with Crippen LogP contribution in [0.4, 0.5) is 11.4 Å². The molecule has 2 aromatic rings. The Morgan fingerprint density at radius 3 is 2.39 bits per heavy atom. The van der Waals surface area contributed by atoms with Crippen LogP contribution >= 0.6 is 27.5 Å². The van der Waals surface area contributed by atoms with Crippen LogP contribution in [0.1, 0.15) is 29.8 Å². The number of amides is 2. The van der Waals surface area contributed by atoms with E-state index in [1.165, 1.54) is 12.1 Å². The fourth-order valence-electron chi connectivity index (χ4n) is 2.50. The van der Waals surface area contributed by atoms with Gasteiger partial charge in [-0.3, -0.25) is 19.7 Å². The first-order valence-corrected chi connectivity index (χ1v) is 9.59. The Labute approximate surface area is 175 Å². The molecule has 2 aromatic carbocycles. The molecule has 1 atom stereocenters. The Morgan fingerprint density at radius 2 is 1.86 bits per heavy atom. The molecule has 0 aliphatic heterocycles. The molecule has 2 amide bonds. The standard InChI is InChI=1S/C19H19BrClN3O4/c1-10(2)17(19(26)22-12-4-7-15(20)11(3)8-12)23-18(25)14-6-5-13(24(27)28)9-16(14)21/h4-10,17H,1-3H3,(H,22,26)(H,23,25). The number of anilines is 1. The van der Waals surface area contributed by atoms with Gasteiger partial charge < -0.3 is 10.6 Å². The van der Waals surface area contributed by atoms with Crippen LogP contribution in [0.15, 0.2) is 40.9 Å². The van der Waals surface area contributed by atoms with Crippen molar-refractivity contribution >= 4 is 50.7 Å². The van der Waals surface area contributed by atoms with Crippen LogP contribution in [0.2, 0.25) is 5.02 Å². The Kier molecular flexibility index (Phi) is 7.15. The summed E-state index contributed by atoms with van der Waals surface area (Å²) in [4.78, 5) is 35.5. The molecule has 0 heterocycles. The van der Waals surface area contributed by atoms with Crippen molar-refractivity contribution in [2.45, 2.75) is 26.8 Å². The average Bonchev–Trinajstić information content (AvgIpc) is 2.62. The molecule has 0 bridgehead atoms. The number of hydrogen-bond donors (Lipinski definition) is 2. The predicted octanol–water partition coefficient (Wildman–Crippen LogP) is 4.71. The highest BCUT2D eigenvalue weighted by atomic mass is 79.9. The number of halogens is 2. The summed E-state index contributed by atoms with van der Waals surface area (Å²) in [6, 6.07) is 8.13. The van der Waals surface area contributed by atoms with E-state index >= 15 is 0 Å². The number of carbonyl (C=O) groups is 2. The Morgan fingerprint density at radius 1 is 1.18 bits per heavy atom. The smallest absolute Gasteiger partial charge is 0.270 e. The SMILES string of the molecule is Cc1cc(NC(=O)C(NC(=O)c2ccc([N+](=O)[O-])cc2Cl)C(C)C)ccc1Br. The Hall–Kier alpha value is -2.45.